The lowest BCUT2D eigenvalue weighted by Crippen LogP contribution is -2.37. The SMILES string of the molecule is O=C(OC(C[n+]1ccccc1)c1ccccc1)c1ccc([N+](=O)[O-])cc1. The molecule has 0 radical (unpaired) electrons. The zero-order valence-corrected chi connectivity index (χ0v) is 13.9. The molecule has 0 N–H and O–H groups in total. The second-order valence-electron chi connectivity index (χ2n) is 5.68. The minimum atomic E-state index is -0.523. The van der Waals surface area contributed by atoms with Gasteiger partial charge >= 0.3 is 5.97 Å². The molecule has 26 heavy (non-hydrogen) atoms. The van der Waals surface area contributed by atoms with E-state index in [0.717, 1.165) is 5.56 Å². The average Bonchev–Trinajstić information content (AvgIpc) is 2.69. The van der Waals surface area contributed by atoms with Crippen molar-refractivity contribution in [3.05, 3.63) is 106 Å². The van der Waals surface area contributed by atoms with Crippen molar-refractivity contribution in [1.82, 2.24) is 0 Å². The Morgan fingerprint density at radius 3 is 2.19 bits per heavy atom. The Morgan fingerprint density at radius 2 is 1.58 bits per heavy atom. The number of non-ortho nitro benzene ring substituents is 1. The van der Waals surface area contributed by atoms with E-state index >= 15 is 0 Å². The van der Waals surface area contributed by atoms with E-state index in [-0.39, 0.29) is 11.3 Å². The number of rotatable bonds is 6. The largest absolute Gasteiger partial charge is 0.447 e. The van der Waals surface area contributed by atoms with Crippen LogP contribution in [0.4, 0.5) is 5.69 Å². The van der Waals surface area contributed by atoms with Crippen molar-refractivity contribution in [1.29, 1.82) is 0 Å². The minimum absolute atomic E-state index is 0.0685. The van der Waals surface area contributed by atoms with Gasteiger partial charge in [-0.3, -0.25) is 10.1 Å². The molecule has 0 spiro atoms. The average molecular weight is 349 g/mol. The molecular weight excluding hydrogens is 332 g/mol. The van der Waals surface area contributed by atoms with E-state index in [2.05, 4.69) is 0 Å². The van der Waals surface area contributed by atoms with Crippen LogP contribution in [0, 0.1) is 10.1 Å². The van der Waals surface area contributed by atoms with Crippen LogP contribution in [0.3, 0.4) is 0 Å². The highest BCUT2D eigenvalue weighted by atomic mass is 16.6. The first-order valence-corrected chi connectivity index (χ1v) is 8.08. The number of benzene rings is 2. The molecule has 6 nitrogen and oxygen atoms in total. The molecule has 2 aromatic carbocycles. The van der Waals surface area contributed by atoms with Crippen LogP contribution >= 0.6 is 0 Å². The standard InChI is InChI=1S/C20H17N2O4/c23-20(17-9-11-18(12-10-17)22(24)25)26-19(16-7-3-1-4-8-16)15-21-13-5-2-6-14-21/h1-14,19H,15H2/q+1. The number of carbonyl (C=O) groups is 1. The summed E-state index contributed by atoms with van der Waals surface area (Å²) in [7, 11) is 0. The second kappa shape index (κ2) is 8.02. The van der Waals surface area contributed by atoms with Crippen LogP contribution in [0.15, 0.2) is 85.2 Å². The summed E-state index contributed by atoms with van der Waals surface area (Å²) in [4.78, 5) is 22.7. The molecule has 0 saturated heterocycles. The van der Waals surface area contributed by atoms with Gasteiger partial charge in [0.15, 0.2) is 25.0 Å². The Labute approximate surface area is 150 Å². The number of nitro groups is 1. The third kappa shape index (κ3) is 4.30. The van der Waals surface area contributed by atoms with Crippen molar-refractivity contribution < 1.29 is 19.0 Å². The molecule has 1 unspecified atom stereocenters. The summed E-state index contributed by atoms with van der Waals surface area (Å²) < 4.78 is 7.63. The summed E-state index contributed by atoms with van der Waals surface area (Å²) in [5.74, 6) is -0.523. The van der Waals surface area contributed by atoms with E-state index in [4.69, 9.17) is 4.74 Å². The minimum Gasteiger partial charge on any atom is -0.447 e. The Hall–Kier alpha value is -3.54. The topological polar surface area (TPSA) is 73.3 Å². The normalized spacial score (nSPS) is 11.5. The molecule has 6 heteroatoms. The van der Waals surface area contributed by atoms with Gasteiger partial charge in [-0.25, -0.2) is 9.36 Å². The van der Waals surface area contributed by atoms with E-state index in [1.54, 1.807) is 0 Å². The predicted molar refractivity (Wildman–Crippen MR) is 94.3 cm³/mol. The van der Waals surface area contributed by atoms with Gasteiger partial charge < -0.3 is 4.74 Å². The number of ether oxygens (including phenoxy) is 1. The lowest BCUT2D eigenvalue weighted by molar-refractivity contribution is -0.704. The summed E-state index contributed by atoms with van der Waals surface area (Å²) in [6.07, 6.45) is 3.32. The zero-order valence-electron chi connectivity index (χ0n) is 13.9. The van der Waals surface area contributed by atoms with Crippen molar-refractivity contribution in [3.63, 3.8) is 0 Å². The van der Waals surface area contributed by atoms with Gasteiger partial charge in [-0.2, -0.15) is 0 Å². The number of hydrogen-bond acceptors (Lipinski definition) is 4. The highest BCUT2D eigenvalue weighted by molar-refractivity contribution is 5.89. The first kappa shape index (κ1) is 17.3. The fourth-order valence-corrected chi connectivity index (χ4v) is 2.54. The Kier molecular flexibility index (Phi) is 5.34. The molecule has 3 rings (SSSR count). The van der Waals surface area contributed by atoms with Crippen LogP contribution in [0.25, 0.3) is 0 Å². The van der Waals surface area contributed by atoms with Crippen molar-refractivity contribution in [3.8, 4) is 0 Å². The van der Waals surface area contributed by atoms with Crippen molar-refractivity contribution >= 4 is 11.7 Å². The number of aromatic nitrogens is 1. The maximum atomic E-state index is 12.5. The highest BCUT2D eigenvalue weighted by Gasteiger charge is 2.22. The maximum Gasteiger partial charge on any atom is 0.338 e. The lowest BCUT2D eigenvalue weighted by Gasteiger charge is -2.16. The first-order chi connectivity index (χ1) is 12.6. The van der Waals surface area contributed by atoms with Crippen molar-refractivity contribution in [2.75, 3.05) is 0 Å². The molecule has 1 heterocycles. The Balaban J connectivity index is 1.80. The molecule has 1 aromatic heterocycles. The van der Waals surface area contributed by atoms with E-state index in [0.29, 0.717) is 6.54 Å². The number of hydrogen-bond donors (Lipinski definition) is 0. The van der Waals surface area contributed by atoms with Gasteiger partial charge in [-0.15, -0.1) is 0 Å². The molecule has 0 aliphatic heterocycles. The van der Waals surface area contributed by atoms with Gasteiger partial charge in [0.05, 0.1) is 10.5 Å². The van der Waals surface area contributed by atoms with Crippen LogP contribution in [0.2, 0.25) is 0 Å². The monoisotopic (exact) mass is 349 g/mol. The smallest absolute Gasteiger partial charge is 0.338 e. The highest BCUT2D eigenvalue weighted by Crippen LogP contribution is 2.20. The summed E-state index contributed by atoms with van der Waals surface area (Å²) in [6, 6.07) is 20.6. The van der Waals surface area contributed by atoms with Crippen molar-refractivity contribution in [2.24, 2.45) is 0 Å². The van der Waals surface area contributed by atoms with Gasteiger partial charge in [-0.1, -0.05) is 36.4 Å². The predicted octanol–water partition coefficient (Wildman–Crippen LogP) is 3.48. The summed E-state index contributed by atoms with van der Waals surface area (Å²) in [5, 5.41) is 10.7. The van der Waals surface area contributed by atoms with Crippen LogP contribution < -0.4 is 4.57 Å². The van der Waals surface area contributed by atoms with Crippen LogP contribution in [0.1, 0.15) is 22.0 Å². The Bertz CT molecular complexity index is 881. The van der Waals surface area contributed by atoms with Crippen molar-refractivity contribution in [2.45, 2.75) is 12.6 Å². The Morgan fingerprint density at radius 1 is 0.962 bits per heavy atom. The summed E-state index contributed by atoms with van der Waals surface area (Å²) >= 11 is 0. The van der Waals surface area contributed by atoms with E-state index in [1.165, 1.54) is 24.3 Å². The third-order valence-corrected chi connectivity index (χ3v) is 3.89. The van der Waals surface area contributed by atoms with E-state index < -0.39 is 17.0 Å². The molecule has 1 atom stereocenters. The number of carbonyl (C=O) groups excluding carboxylic acids is 1. The fourth-order valence-electron chi connectivity index (χ4n) is 2.54. The molecule has 0 aliphatic rings. The van der Waals surface area contributed by atoms with E-state index in [9.17, 15) is 14.9 Å². The fraction of sp³-hybridized carbons (Fsp3) is 0.100. The van der Waals surface area contributed by atoms with Gasteiger partial charge in [0, 0.05) is 24.3 Å². The molecule has 0 fully saturated rings. The number of nitro benzene ring substituents is 1. The molecule has 0 saturated carbocycles. The van der Waals surface area contributed by atoms with Gasteiger partial charge in [0.2, 0.25) is 0 Å². The third-order valence-electron chi connectivity index (χ3n) is 3.89. The van der Waals surface area contributed by atoms with Gasteiger partial charge in [0.25, 0.3) is 5.69 Å². The lowest BCUT2D eigenvalue weighted by atomic mass is 10.1. The number of pyridine rings is 1. The summed E-state index contributed by atoms with van der Waals surface area (Å²) in [6.45, 7) is 0.462. The molecule has 3 aromatic rings. The molecule has 0 aliphatic carbocycles. The van der Waals surface area contributed by atoms with Gasteiger partial charge in [-0.05, 0) is 17.7 Å². The molecule has 0 amide bonds. The molecular formula is C20H17N2O4+. The quantitative estimate of drug-likeness (QED) is 0.296. The number of esters is 1. The van der Waals surface area contributed by atoms with Crippen LogP contribution in [-0.4, -0.2) is 10.9 Å². The first-order valence-electron chi connectivity index (χ1n) is 8.08. The van der Waals surface area contributed by atoms with Crippen LogP contribution in [-0.2, 0) is 11.3 Å². The molecule has 130 valence electrons. The molecule has 0 bridgehead atoms. The zero-order chi connectivity index (χ0) is 18.4. The second-order valence-corrected chi connectivity index (χ2v) is 5.68. The number of nitrogens with zero attached hydrogens (tertiary/aromatic N) is 2. The van der Waals surface area contributed by atoms with Gasteiger partial charge in [0.1, 0.15) is 0 Å². The van der Waals surface area contributed by atoms with E-state index in [1.807, 2.05) is 65.5 Å². The van der Waals surface area contributed by atoms with Crippen LogP contribution in [0.5, 0.6) is 0 Å². The summed E-state index contributed by atoms with van der Waals surface area (Å²) in [5.41, 5.74) is 1.08. The maximum absolute atomic E-state index is 12.5.